The van der Waals surface area contributed by atoms with Crippen LogP contribution in [0.3, 0.4) is 0 Å². The van der Waals surface area contributed by atoms with E-state index in [1.54, 1.807) is 18.2 Å². The van der Waals surface area contributed by atoms with Crippen molar-refractivity contribution in [2.75, 3.05) is 6.26 Å². The van der Waals surface area contributed by atoms with E-state index in [2.05, 4.69) is 5.43 Å². The van der Waals surface area contributed by atoms with Crippen LogP contribution in [-0.2, 0) is 16.4 Å². The van der Waals surface area contributed by atoms with Gasteiger partial charge in [-0.1, -0.05) is 12.1 Å². The average Bonchev–Trinajstić information content (AvgIpc) is 2.04. The molecule has 1 aromatic rings. The van der Waals surface area contributed by atoms with Gasteiger partial charge in [-0.3, -0.25) is 11.3 Å². The second kappa shape index (κ2) is 3.87. The minimum absolute atomic E-state index is 0.320. The topological polar surface area (TPSA) is 72.2 Å². The standard InChI is InChI=1S/C8H12N2O2S/c1-13(11,12)8-4-2-3-7(5-8)6-10-9/h2-5,10H,6,9H2,1H3. The number of nitrogens with two attached hydrogens (primary N) is 1. The number of hydrogen-bond donors (Lipinski definition) is 2. The molecule has 0 heterocycles. The predicted octanol–water partition coefficient (Wildman–Crippen LogP) is 0.0534. The molecule has 0 spiro atoms. The summed E-state index contributed by atoms with van der Waals surface area (Å²) in [5.41, 5.74) is 3.32. The van der Waals surface area contributed by atoms with Crippen molar-refractivity contribution < 1.29 is 8.42 Å². The molecule has 1 aromatic carbocycles. The van der Waals surface area contributed by atoms with E-state index in [9.17, 15) is 8.42 Å². The van der Waals surface area contributed by atoms with Crippen LogP contribution < -0.4 is 11.3 Å². The highest BCUT2D eigenvalue weighted by atomic mass is 32.2. The third-order valence-corrected chi connectivity index (χ3v) is 2.74. The molecule has 13 heavy (non-hydrogen) atoms. The summed E-state index contributed by atoms with van der Waals surface area (Å²) in [6.07, 6.45) is 1.18. The van der Waals surface area contributed by atoms with Gasteiger partial charge >= 0.3 is 0 Å². The molecule has 4 nitrogen and oxygen atoms in total. The van der Waals surface area contributed by atoms with E-state index >= 15 is 0 Å². The lowest BCUT2D eigenvalue weighted by Gasteiger charge is -2.02. The fraction of sp³-hybridized carbons (Fsp3) is 0.250. The molecule has 0 amide bonds. The van der Waals surface area contributed by atoms with Crippen LogP contribution in [0.1, 0.15) is 5.56 Å². The van der Waals surface area contributed by atoms with Gasteiger partial charge in [-0.25, -0.2) is 8.42 Å². The fourth-order valence-electron chi connectivity index (χ4n) is 1.00. The zero-order valence-corrected chi connectivity index (χ0v) is 8.14. The highest BCUT2D eigenvalue weighted by molar-refractivity contribution is 7.90. The van der Waals surface area contributed by atoms with Gasteiger partial charge in [0.05, 0.1) is 4.90 Å². The molecule has 0 aromatic heterocycles. The van der Waals surface area contributed by atoms with Gasteiger partial charge in [0.15, 0.2) is 9.84 Å². The molecule has 1 rings (SSSR count). The van der Waals surface area contributed by atoms with E-state index < -0.39 is 9.84 Å². The van der Waals surface area contributed by atoms with Crippen molar-refractivity contribution in [2.24, 2.45) is 5.84 Å². The molecule has 0 radical (unpaired) electrons. The Labute approximate surface area is 77.6 Å². The summed E-state index contributed by atoms with van der Waals surface area (Å²) in [5.74, 6) is 5.12. The largest absolute Gasteiger partial charge is 0.271 e. The van der Waals surface area contributed by atoms with Gasteiger partial charge in [0.25, 0.3) is 0 Å². The molecule has 3 N–H and O–H groups in total. The molecule has 0 aliphatic rings. The van der Waals surface area contributed by atoms with Gasteiger partial charge in [0, 0.05) is 12.8 Å². The number of benzene rings is 1. The van der Waals surface area contributed by atoms with Crippen molar-refractivity contribution in [1.82, 2.24) is 5.43 Å². The van der Waals surface area contributed by atoms with Gasteiger partial charge in [0.1, 0.15) is 0 Å². The van der Waals surface area contributed by atoms with E-state index in [1.165, 1.54) is 6.26 Å². The Morgan fingerprint density at radius 1 is 1.46 bits per heavy atom. The highest BCUT2D eigenvalue weighted by Gasteiger charge is 2.06. The summed E-state index contributed by atoms with van der Waals surface area (Å²) < 4.78 is 22.3. The van der Waals surface area contributed by atoms with Crippen LogP contribution in [0.5, 0.6) is 0 Å². The van der Waals surface area contributed by atoms with Gasteiger partial charge in [-0.15, -0.1) is 0 Å². The van der Waals surface area contributed by atoms with E-state index in [4.69, 9.17) is 5.84 Å². The number of hydrazine groups is 1. The minimum atomic E-state index is -3.11. The Balaban J connectivity index is 3.06. The van der Waals surface area contributed by atoms with Gasteiger partial charge in [-0.2, -0.15) is 0 Å². The summed E-state index contributed by atoms with van der Waals surface area (Å²) in [4.78, 5) is 0.320. The monoisotopic (exact) mass is 200 g/mol. The highest BCUT2D eigenvalue weighted by Crippen LogP contribution is 2.10. The van der Waals surface area contributed by atoms with Crippen molar-refractivity contribution in [2.45, 2.75) is 11.4 Å². The maximum Gasteiger partial charge on any atom is 0.175 e. The maximum absolute atomic E-state index is 11.1. The average molecular weight is 200 g/mol. The zero-order chi connectivity index (χ0) is 9.90. The Hall–Kier alpha value is -0.910. The Bertz CT molecular complexity index is 387. The molecular weight excluding hydrogens is 188 g/mol. The van der Waals surface area contributed by atoms with Crippen molar-refractivity contribution >= 4 is 9.84 Å². The maximum atomic E-state index is 11.1. The van der Waals surface area contributed by atoms with E-state index in [-0.39, 0.29) is 0 Å². The normalized spacial score (nSPS) is 11.5. The second-order valence-corrected chi connectivity index (χ2v) is 4.82. The first kappa shape index (κ1) is 10.2. The smallest absolute Gasteiger partial charge is 0.175 e. The van der Waals surface area contributed by atoms with Crippen LogP contribution in [0, 0.1) is 0 Å². The number of rotatable bonds is 3. The molecule has 0 saturated heterocycles. The molecule has 0 fully saturated rings. The summed E-state index contributed by atoms with van der Waals surface area (Å²) in [5, 5.41) is 0. The van der Waals surface area contributed by atoms with Crippen LogP contribution >= 0.6 is 0 Å². The van der Waals surface area contributed by atoms with Crippen molar-refractivity contribution in [3.05, 3.63) is 29.8 Å². The summed E-state index contributed by atoms with van der Waals surface area (Å²) in [7, 11) is -3.11. The van der Waals surface area contributed by atoms with Gasteiger partial charge in [0.2, 0.25) is 0 Å². The van der Waals surface area contributed by atoms with E-state index in [0.717, 1.165) is 5.56 Å². The van der Waals surface area contributed by atoms with Crippen LogP contribution in [0.2, 0.25) is 0 Å². The first-order valence-corrected chi connectivity index (χ1v) is 5.65. The summed E-state index contributed by atoms with van der Waals surface area (Å²) >= 11 is 0. The predicted molar refractivity (Wildman–Crippen MR) is 50.6 cm³/mol. The van der Waals surface area contributed by atoms with Crippen LogP contribution in [-0.4, -0.2) is 14.7 Å². The lowest BCUT2D eigenvalue weighted by molar-refractivity contribution is 0.601. The molecule has 0 bridgehead atoms. The van der Waals surface area contributed by atoms with Crippen LogP contribution in [0.25, 0.3) is 0 Å². The first-order chi connectivity index (χ1) is 6.04. The second-order valence-electron chi connectivity index (χ2n) is 2.80. The van der Waals surface area contributed by atoms with Crippen molar-refractivity contribution in [3.8, 4) is 0 Å². The van der Waals surface area contributed by atoms with E-state index in [1.807, 2.05) is 6.07 Å². The molecule has 0 unspecified atom stereocenters. The molecule has 5 heteroatoms. The molecule has 0 atom stereocenters. The van der Waals surface area contributed by atoms with Crippen molar-refractivity contribution in [1.29, 1.82) is 0 Å². The molecule has 0 saturated carbocycles. The fourth-order valence-corrected chi connectivity index (χ4v) is 1.70. The molecule has 0 aliphatic carbocycles. The zero-order valence-electron chi connectivity index (χ0n) is 7.32. The third kappa shape index (κ3) is 2.80. The number of nitrogens with one attached hydrogen (secondary N) is 1. The third-order valence-electron chi connectivity index (χ3n) is 1.63. The Morgan fingerprint density at radius 3 is 2.69 bits per heavy atom. The number of hydrogen-bond acceptors (Lipinski definition) is 4. The van der Waals surface area contributed by atoms with E-state index in [0.29, 0.717) is 11.4 Å². The minimum Gasteiger partial charge on any atom is -0.271 e. The summed E-state index contributed by atoms with van der Waals surface area (Å²) in [6, 6.07) is 6.68. The van der Waals surface area contributed by atoms with Crippen molar-refractivity contribution in [3.63, 3.8) is 0 Å². The van der Waals surface area contributed by atoms with Crippen LogP contribution in [0.15, 0.2) is 29.2 Å². The molecular formula is C8H12N2O2S. The Kier molecular flexibility index (Phi) is 3.02. The lowest BCUT2D eigenvalue weighted by atomic mass is 10.2. The Morgan fingerprint density at radius 2 is 2.15 bits per heavy atom. The molecule has 72 valence electrons. The summed E-state index contributed by atoms with van der Waals surface area (Å²) in [6.45, 7) is 0.462. The molecule has 0 aliphatic heterocycles. The first-order valence-electron chi connectivity index (χ1n) is 3.76. The quantitative estimate of drug-likeness (QED) is 0.534. The number of sulfone groups is 1. The lowest BCUT2D eigenvalue weighted by Crippen LogP contribution is -2.20. The van der Waals surface area contributed by atoms with Crippen LogP contribution in [0.4, 0.5) is 0 Å². The SMILES string of the molecule is CS(=O)(=O)c1cccc(CNN)c1. The van der Waals surface area contributed by atoms with Gasteiger partial charge < -0.3 is 0 Å². The van der Waals surface area contributed by atoms with Gasteiger partial charge in [-0.05, 0) is 17.7 Å².